The lowest BCUT2D eigenvalue weighted by Gasteiger charge is -2.08. The predicted octanol–water partition coefficient (Wildman–Crippen LogP) is 1.63. The van der Waals surface area contributed by atoms with Gasteiger partial charge in [-0.25, -0.2) is 4.98 Å². The maximum atomic E-state index is 11.8. The second-order valence-electron chi connectivity index (χ2n) is 4.86. The summed E-state index contributed by atoms with van der Waals surface area (Å²) in [6.07, 6.45) is 2.67. The lowest BCUT2D eigenvalue weighted by molar-refractivity contribution is -0.116. The van der Waals surface area contributed by atoms with Crippen LogP contribution in [0.4, 0.5) is 5.95 Å². The number of carbonyl (C=O) groups excluding carboxylic acids is 1. The Morgan fingerprint density at radius 1 is 1.50 bits per heavy atom. The Balaban J connectivity index is 1.65. The van der Waals surface area contributed by atoms with Crippen molar-refractivity contribution in [3.8, 4) is 0 Å². The van der Waals surface area contributed by atoms with Gasteiger partial charge in [0.15, 0.2) is 0 Å². The summed E-state index contributed by atoms with van der Waals surface area (Å²) in [5, 5.41) is 2.76. The number of imidazole rings is 1. The van der Waals surface area contributed by atoms with Crippen molar-refractivity contribution in [2.75, 3.05) is 5.32 Å². The lowest BCUT2D eigenvalue weighted by Crippen LogP contribution is -2.29. The Hall–Kier alpha value is -1.88. The summed E-state index contributed by atoms with van der Waals surface area (Å²) < 4.78 is 0. The van der Waals surface area contributed by atoms with Crippen molar-refractivity contribution in [3.05, 3.63) is 24.3 Å². The van der Waals surface area contributed by atoms with Crippen LogP contribution in [0.2, 0.25) is 0 Å². The fourth-order valence-electron chi connectivity index (χ4n) is 2.10. The van der Waals surface area contributed by atoms with E-state index < -0.39 is 0 Å². The molecule has 3 rings (SSSR count). The van der Waals surface area contributed by atoms with Crippen LogP contribution in [0.15, 0.2) is 24.3 Å². The van der Waals surface area contributed by atoms with Gasteiger partial charge >= 0.3 is 0 Å². The van der Waals surface area contributed by atoms with Crippen molar-refractivity contribution in [3.63, 3.8) is 0 Å². The molecule has 1 aliphatic carbocycles. The molecule has 1 fully saturated rings. The number of rotatable bonds is 4. The average molecular weight is 244 g/mol. The minimum Gasteiger partial charge on any atom is -0.327 e. The number of nitrogens with two attached hydrogens (primary N) is 1. The van der Waals surface area contributed by atoms with Crippen molar-refractivity contribution < 1.29 is 4.79 Å². The highest BCUT2D eigenvalue weighted by Gasteiger charge is 2.29. The van der Waals surface area contributed by atoms with Crippen molar-refractivity contribution in [1.29, 1.82) is 0 Å². The van der Waals surface area contributed by atoms with Crippen LogP contribution in [-0.4, -0.2) is 21.9 Å². The van der Waals surface area contributed by atoms with E-state index in [-0.39, 0.29) is 11.9 Å². The molecule has 0 spiro atoms. The van der Waals surface area contributed by atoms with E-state index in [9.17, 15) is 4.79 Å². The number of H-pyrrole nitrogens is 1. The van der Waals surface area contributed by atoms with Gasteiger partial charge in [-0.1, -0.05) is 12.1 Å². The summed E-state index contributed by atoms with van der Waals surface area (Å²) >= 11 is 0. The van der Waals surface area contributed by atoms with Crippen LogP contribution in [0.25, 0.3) is 11.0 Å². The van der Waals surface area contributed by atoms with Gasteiger partial charge in [0, 0.05) is 12.5 Å². The number of aromatic amines is 1. The first-order valence-corrected chi connectivity index (χ1v) is 6.22. The normalized spacial score (nSPS) is 16.7. The molecule has 2 aromatic rings. The van der Waals surface area contributed by atoms with Gasteiger partial charge in [0.1, 0.15) is 0 Å². The predicted molar refractivity (Wildman–Crippen MR) is 70.0 cm³/mol. The molecule has 5 heteroatoms. The fourth-order valence-corrected chi connectivity index (χ4v) is 2.10. The zero-order valence-corrected chi connectivity index (χ0v) is 10.0. The number of anilines is 1. The van der Waals surface area contributed by atoms with E-state index >= 15 is 0 Å². The topological polar surface area (TPSA) is 83.8 Å². The molecule has 94 valence electrons. The van der Waals surface area contributed by atoms with Crippen LogP contribution >= 0.6 is 0 Å². The number of hydrogen-bond acceptors (Lipinski definition) is 3. The van der Waals surface area contributed by atoms with Gasteiger partial charge in [-0.15, -0.1) is 0 Å². The third kappa shape index (κ3) is 2.36. The van der Waals surface area contributed by atoms with Crippen LogP contribution in [0.1, 0.15) is 19.3 Å². The summed E-state index contributed by atoms with van der Waals surface area (Å²) in [6, 6.07) is 7.65. The highest BCUT2D eigenvalue weighted by Crippen LogP contribution is 2.32. The first kappa shape index (κ1) is 11.2. The van der Waals surface area contributed by atoms with Crippen LogP contribution < -0.4 is 11.1 Å². The molecule has 1 aromatic heterocycles. The Kier molecular flexibility index (Phi) is 2.76. The van der Waals surface area contributed by atoms with Crippen LogP contribution in [-0.2, 0) is 4.79 Å². The summed E-state index contributed by atoms with van der Waals surface area (Å²) in [4.78, 5) is 19.1. The number of nitrogens with zero attached hydrogens (tertiary/aromatic N) is 1. The second kappa shape index (κ2) is 4.42. The van der Waals surface area contributed by atoms with Gasteiger partial charge in [-0.2, -0.15) is 0 Å². The number of fused-ring (bicyclic) bond motifs is 1. The van der Waals surface area contributed by atoms with E-state index in [0.29, 0.717) is 18.3 Å². The van der Waals surface area contributed by atoms with Gasteiger partial charge in [0.2, 0.25) is 11.9 Å². The highest BCUT2D eigenvalue weighted by molar-refractivity contribution is 5.91. The maximum absolute atomic E-state index is 11.8. The third-order valence-corrected chi connectivity index (χ3v) is 3.30. The molecule has 0 bridgehead atoms. The van der Waals surface area contributed by atoms with E-state index in [1.807, 2.05) is 24.3 Å². The lowest BCUT2D eigenvalue weighted by atomic mass is 10.1. The number of amides is 1. The number of hydrogen-bond donors (Lipinski definition) is 3. The maximum Gasteiger partial charge on any atom is 0.228 e. The molecule has 4 N–H and O–H groups in total. The highest BCUT2D eigenvalue weighted by atomic mass is 16.1. The minimum absolute atomic E-state index is 0.0191. The molecule has 1 aromatic carbocycles. The average Bonchev–Trinajstić information content (AvgIpc) is 3.10. The largest absolute Gasteiger partial charge is 0.327 e. The summed E-state index contributed by atoms with van der Waals surface area (Å²) in [7, 11) is 0. The van der Waals surface area contributed by atoms with Gasteiger partial charge < -0.3 is 10.7 Å². The number of carbonyl (C=O) groups is 1. The Morgan fingerprint density at radius 3 is 3.00 bits per heavy atom. The first-order valence-electron chi connectivity index (χ1n) is 6.22. The number of nitrogens with one attached hydrogen (secondary N) is 2. The molecule has 1 aliphatic rings. The van der Waals surface area contributed by atoms with E-state index in [2.05, 4.69) is 15.3 Å². The summed E-state index contributed by atoms with van der Waals surface area (Å²) in [5.74, 6) is 0.948. The molecule has 0 aliphatic heterocycles. The molecular weight excluding hydrogens is 228 g/mol. The Bertz CT molecular complexity index is 540. The van der Waals surface area contributed by atoms with Gasteiger partial charge in [0.25, 0.3) is 0 Å². The monoisotopic (exact) mass is 244 g/mol. The Labute approximate surface area is 105 Å². The zero-order chi connectivity index (χ0) is 12.5. The molecular formula is C13H16N4O. The molecule has 1 heterocycles. The third-order valence-electron chi connectivity index (χ3n) is 3.30. The fraction of sp³-hybridized carbons (Fsp3) is 0.385. The smallest absolute Gasteiger partial charge is 0.228 e. The van der Waals surface area contributed by atoms with Crippen molar-refractivity contribution >= 4 is 22.9 Å². The number of benzene rings is 1. The molecule has 0 radical (unpaired) electrons. The number of aromatic nitrogens is 2. The van der Waals surface area contributed by atoms with Crippen LogP contribution in [0, 0.1) is 5.92 Å². The minimum atomic E-state index is -0.0755. The van der Waals surface area contributed by atoms with E-state index in [1.54, 1.807) is 0 Å². The molecule has 5 nitrogen and oxygen atoms in total. The van der Waals surface area contributed by atoms with Gasteiger partial charge in [0.05, 0.1) is 11.0 Å². The van der Waals surface area contributed by atoms with Crippen molar-refractivity contribution in [2.45, 2.75) is 25.3 Å². The van der Waals surface area contributed by atoms with Gasteiger partial charge in [-0.05, 0) is 30.9 Å². The standard InChI is InChI=1S/C13H16N4O/c14-9(8-5-6-8)7-12(18)17-13-15-10-3-1-2-4-11(10)16-13/h1-4,8-9H,5-7,14H2,(H2,15,16,17,18). The first-order chi connectivity index (χ1) is 8.72. The molecule has 1 unspecified atom stereocenters. The van der Waals surface area contributed by atoms with Gasteiger partial charge in [-0.3, -0.25) is 10.1 Å². The van der Waals surface area contributed by atoms with Crippen molar-refractivity contribution in [1.82, 2.24) is 9.97 Å². The van der Waals surface area contributed by atoms with E-state index in [1.165, 1.54) is 0 Å². The summed E-state index contributed by atoms with van der Waals surface area (Å²) in [5.41, 5.74) is 7.68. The summed E-state index contributed by atoms with van der Waals surface area (Å²) in [6.45, 7) is 0. The van der Waals surface area contributed by atoms with E-state index in [0.717, 1.165) is 23.9 Å². The zero-order valence-electron chi connectivity index (χ0n) is 10.0. The second-order valence-corrected chi connectivity index (χ2v) is 4.86. The molecule has 18 heavy (non-hydrogen) atoms. The molecule has 1 amide bonds. The van der Waals surface area contributed by atoms with E-state index in [4.69, 9.17) is 5.73 Å². The quantitative estimate of drug-likeness (QED) is 0.764. The van der Waals surface area contributed by atoms with Crippen LogP contribution in [0.3, 0.4) is 0 Å². The molecule has 1 atom stereocenters. The molecule has 1 saturated carbocycles. The Morgan fingerprint density at radius 2 is 2.28 bits per heavy atom. The molecule has 0 saturated heterocycles. The van der Waals surface area contributed by atoms with Crippen LogP contribution in [0.5, 0.6) is 0 Å². The SMILES string of the molecule is NC(CC(=O)Nc1nc2ccccc2[nH]1)C1CC1. The number of para-hydroxylation sites is 2. The van der Waals surface area contributed by atoms with Crippen molar-refractivity contribution in [2.24, 2.45) is 11.7 Å².